The summed E-state index contributed by atoms with van der Waals surface area (Å²) < 4.78 is 0. The molecule has 0 aromatic carbocycles. The van der Waals surface area contributed by atoms with Gasteiger partial charge in [-0.15, -0.1) is 0 Å². The fraction of sp³-hybridized carbons (Fsp3) is 0.600. The van der Waals surface area contributed by atoms with Crippen LogP contribution in [0.15, 0.2) is 36.3 Å². The monoisotopic (exact) mass is 234 g/mol. The van der Waals surface area contributed by atoms with E-state index < -0.39 is 0 Å². The predicted octanol–water partition coefficient (Wildman–Crippen LogP) is 3.70. The van der Waals surface area contributed by atoms with Crippen LogP contribution in [0.5, 0.6) is 0 Å². The smallest absolute Gasteiger partial charge is 0.0303 e. The second-order valence-electron chi connectivity index (χ2n) is 4.51. The van der Waals surface area contributed by atoms with Crippen molar-refractivity contribution in [3.8, 4) is 0 Å². The normalized spacial score (nSPS) is 18.4. The lowest BCUT2D eigenvalue weighted by Crippen LogP contribution is -2.11. The molecule has 1 fully saturated rings. The zero-order valence-electron chi connectivity index (χ0n) is 11.2. The van der Waals surface area contributed by atoms with Crippen LogP contribution in [0.2, 0.25) is 0 Å². The molecular weight excluding hydrogens is 208 g/mol. The molecule has 0 saturated heterocycles. The Hall–Kier alpha value is -1.18. The maximum atomic E-state index is 3.30. The summed E-state index contributed by atoms with van der Waals surface area (Å²) in [4.78, 5) is 0. The molecule has 2 nitrogen and oxygen atoms in total. The molecule has 0 aromatic heterocycles. The average Bonchev–Trinajstić information content (AvgIpc) is 2.85. The third-order valence-electron chi connectivity index (χ3n) is 3.12. The SMILES string of the molecule is CCN/C=C(/CC)N/C=C\C=C/C1CCCC1. The van der Waals surface area contributed by atoms with E-state index in [9.17, 15) is 0 Å². The molecule has 0 aromatic rings. The Balaban J connectivity index is 2.23. The fourth-order valence-corrected chi connectivity index (χ4v) is 2.05. The van der Waals surface area contributed by atoms with Crippen LogP contribution in [0.25, 0.3) is 0 Å². The molecule has 0 amide bonds. The molecule has 1 rings (SSSR count). The molecule has 1 saturated carbocycles. The Kier molecular flexibility index (Phi) is 7.28. The molecule has 0 spiro atoms. The van der Waals surface area contributed by atoms with Crippen LogP contribution in [0.3, 0.4) is 0 Å². The Morgan fingerprint density at radius 3 is 2.59 bits per heavy atom. The zero-order chi connectivity index (χ0) is 12.3. The van der Waals surface area contributed by atoms with Gasteiger partial charge in [-0.1, -0.05) is 31.9 Å². The van der Waals surface area contributed by atoms with E-state index in [4.69, 9.17) is 0 Å². The van der Waals surface area contributed by atoms with Crippen LogP contribution in [-0.4, -0.2) is 6.54 Å². The first-order valence-electron chi connectivity index (χ1n) is 6.89. The topological polar surface area (TPSA) is 24.1 Å². The standard InChI is InChI=1S/C15H26N2/c1-3-15(13-16-4-2)17-12-8-7-11-14-9-5-6-10-14/h7-8,11-14,16-17H,3-6,9-10H2,1-2H3/b11-7-,12-8-,15-13-. The van der Waals surface area contributed by atoms with E-state index in [0.717, 1.165) is 18.9 Å². The number of rotatable bonds is 7. The van der Waals surface area contributed by atoms with Crippen LogP contribution in [0.1, 0.15) is 46.0 Å². The van der Waals surface area contributed by atoms with Gasteiger partial charge in [0.1, 0.15) is 0 Å². The molecule has 0 heterocycles. The second-order valence-corrected chi connectivity index (χ2v) is 4.51. The molecule has 0 unspecified atom stereocenters. The van der Waals surface area contributed by atoms with E-state index in [1.807, 2.05) is 12.4 Å². The summed E-state index contributed by atoms with van der Waals surface area (Å²) in [6.07, 6.45) is 17.2. The fourth-order valence-electron chi connectivity index (χ4n) is 2.05. The predicted molar refractivity (Wildman–Crippen MR) is 75.4 cm³/mol. The summed E-state index contributed by atoms with van der Waals surface area (Å²) in [6, 6.07) is 0. The number of nitrogens with one attached hydrogen (secondary N) is 2. The summed E-state index contributed by atoms with van der Waals surface area (Å²) in [5, 5.41) is 6.50. The van der Waals surface area contributed by atoms with Crippen molar-refractivity contribution in [3.05, 3.63) is 36.3 Å². The minimum absolute atomic E-state index is 0.822. The number of hydrogen-bond acceptors (Lipinski definition) is 2. The van der Waals surface area contributed by atoms with Gasteiger partial charge in [0.05, 0.1) is 0 Å². The van der Waals surface area contributed by atoms with Gasteiger partial charge < -0.3 is 10.6 Å². The first-order chi connectivity index (χ1) is 8.36. The molecule has 2 N–H and O–H groups in total. The first kappa shape index (κ1) is 13.9. The lowest BCUT2D eigenvalue weighted by molar-refractivity contribution is 0.686. The molecule has 1 aliphatic carbocycles. The van der Waals surface area contributed by atoms with Crippen molar-refractivity contribution in [1.29, 1.82) is 0 Å². The Morgan fingerprint density at radius 2 is 1.94 bits per heavy atom. The highest BCUT2D eigenvalue weighted by atomic mass is 14.9. The lowest BCUT2D eigenvalue weighted by atomic mass is 10.1. The minimum atomic E-state index is 0.822. The van der Waals surface area contributed by atoms with Crippen molar-refractivity contribution in [2.75, 3.05) is 6.54 Å². The molecule has 2 heteroatoms. The maximum Gasteiger partial charge on any atom is 0.0303 e. The Labute approximate surface area is 106 Å². The van der Waals surface area contributed by atoms with E-state index in [0.29, 0.717) is 0 Å². The van der Waals surface area contributed by atoms with Gasteiger partial charge in [-0.2, -0.15) is 0 Å². The van der Waals surface area contributed by atoms with E-state index in [1.54, 1.807) is 0 Å². The second kappa shape index (κ2) is 8.91. The van der Waals surface area contributed by atoms with Crippen LogP contribution >= 0.6 is 0 Å². The highest BCUT2D eigenvalue weighted by molar-refractivity contribution is 5.08. The average molecular weight is 234 g/mol. The number of allylic oxidation sites excluding steroid dienone is 4. The summed E-state index contributed by atoms with van der Waals surface area (Å²) in [6.45, 7) is 5.22. The maximum absolute atomic E-state index is 3.30. The Morgan fingerprint density at radius 1 is 1.18 bits per heavy atom. The highest BCUT2D eigenvalue weighted by Crippen LogP contribution is 2.25. The molecule has 96 valence electrons. The largest absolute Gasteiger partial charge is 0.390 e. The first-order valence-corrected chi connectivity index (χ1v) is 6.89. The minimum Gasteiger partial charge on any atom is -0.390 e. The summed E-state index contributed by atoms with van der Waals surface area (Å²) in [7, 11) is 0. The zero-order valence-corrected chi connectivity index (χ0v) is 11.2. The van der Waals surface area contributed by atoms with E-state index in [1.165, 1.54) is 31.4 Å². The molecule has 0 aliphatic heterocycles. The Bertz CT molecular complexity index is 271. The van der Waals surface area contributed by atoms with Crippen molar-refractivity contribution in [1.82, 2.24) is 10.6 Å². The van der Waals surface area contributed by atoms with E-state index in [-0.39, 0.29) is 0 Å². The van der Waals surface area contributed by atoms with Crippen molar-refractivity contribution in [2.24, 2.45) is 5.92 Å². The third kappa shape index (κ3) is 6.20. The van der Waals surface area contributed by atoms with Crippen molar-refractivity contribution >= 4 is 0 Å². The number of hydrogen-bond donors (Lipinski definition) is 2. The third-order valence-corrected chi connectivity index (χ3v) is 3.12. The van der Waals surface area contributed by atoms with Crippen molar-refractivity contribution < 1.29 is 0 Å². The van der Waals surface area contributed by atoms with Gasteiger partial charge >= 0.3 is 0 Å². The summed E-state index contributed by atoms with van der Waals surface area (Å²) in [5.74, 6) is 0.822. The van der Waals surface area contributed by atoms with Gasteiger partial charge in [0, 0.05) is 24.6 Å². The van der Waals surface area contributed by atoms with Gasteiger partial charge in [0.2, 0.25) is 0 Å². The van der Waals surface area contributed by atoms with Crippen LogP contribution in [0, 0.1) is 5.92 Å². The van der Waals surface area contributed by atoms with Crippen LogP contribution in [0.4, 0.5) is 0 Å². The van der Waals surface area contributed by atoms with Crippen LogP contribution < -0.4 is 10.6 Å². The van der Waals surface area contributed by atoms with Crippen molar-refractivity contribution in [2.45, 2.75) is 46.0 Å². The quantitative estimate of drug-likeness (QED) is 0.656. The molecule has 0 radical (unpaired) electrons. The molecule has 0 atom stereocenters. The van der Waals surface area contributed by atoms with Crippen LogP contribution in [-0.2, 0) is 0 Å². The van der Waals surface area contributed by atoms with E-state index in [2.05, 4.69) is 42.7 Å². The lowest BCUT2D eigenvalue weighted by Gasteiger charge is -2.04. The van der Waals surface area contributed by atoms with Gasteiger partial charge in [0.25, 0.3) is 0 Å². The molecule has 0 bridgehead atoms. The van der Waals surface area contributed by atoms with Gasteiger partial charge in [0.15, 0.2) is 0 Å². The van der Waals surface area contributed by atoms with Gasteiger partial charge in [-0.25, -0.2) is 0 Å². The summed E-state index contributed by atoms with van der Waals surface area (Å²) >= 11 is 0. The highest BCUT2D eigenvalue weighted by Gasteiger charge is 2.10. The van der Waals surface area contributed by atoms with Crippen molar-refractivity contribution in [3.63, 3.8) is 0 Å². The van der Waals surface area contributed by atoms with Gasteiger partial charge in [-0.3, -0.25) is 0 Å². The summed E-state index contributed by atoms with van der Waals surface area (Å²) in [5.41, 5.74) is 1.22. The van der Waals surface area contributed by atoms with E-state index >= 15 is 0 Å². The molecule has 17 heavy (non-hydrogen) atoms. The van der Waals surface area contributed by atoms with Gasteiger partial charge in [-0.05, 0) is 38.2 Å². The molecule has 1 aliphatic rings. The molecular formula is C15H26N2.